The summed E-state index contributed by atoms with van der Waals surface area (Å²) in [6.07, 6.45) is 8.22. The molecule has 0 bridgehead atoms. The summed E-state index contributed by atoms with van der Waals surface area (Å²) in [5, 5.41) is 0.244. The fourth-order valence-electron chi connectivity index (χ4n) is 2.80. The number of hydrogen-bond acceptors (Lipinski definition) is 1. The molecular weight excluding hydrogens is 236 g/mol. The highest BCUT2D eigenvalue weighted by Gasteiger charge is 2.20. The summed E-state index contributed by atoms with van der Waals surface area (Å²) < 4.78 is 0. The minimum absolute atomic E-state index is 0.244. The molecule has 1 atom stereocenters. The second kappa shape index (κ2) is 5.55. The van der Waals surface area contributed by atoms with Crippen molar-refractivity contribution >= 4 is 22.9 Å². The van der Waals surface area contributed by atoms with E-state index in [-0.39, 0.29) is 5.38 Å². The molecule has 1 unspecified atom stereocenters. The lowest BCUT2D eigenvalue weighted by Gasteiger charge is -2.23. The van der Waals surface area contributed by atoms with Crippen LogP contribution in [0.1, 0.15) is 59.2 Å². The van der Waals surface area contributed by atoms with Gasteiger partial charge in [-0.05, 0) is 37.8 Å². The Kier molecular flexibility index (Phi) is 4.32. The van der Waals surface area contributed by atoms with E-state index >= 15 is 0 Å². The highest BCUT2D eigenvalue weighted by atomic mass is 35.5. The van der Waals surface area contributed by atoms with E-state index in [0.717, 1.165) is 5.92 Å². The van der Waals surface area contributed by atoms with Crippen LogP contribution < -0.4 is 0 Å². The van der Waals surface area contributed by atoms with Crippen molar-refractivity contribution in [3.63, 3.8) is 0 Å². The molecule has 0 saturated heterocycles. The van der Waals surface area contributed by atoms with Crippen molar-refractivity contribution in [2.24, 2.45) is 5.92 Å². The normalized spacial score (nSPS) is 19.9. The summed E-state index contributed by atoms with van der Waals surface area (Å²) in [6.45, 7) is 4.37. The van der Waals surface area contributed by atoms with Gasteiger partial charge < -0.3 is 0 Å². The Bertz CT molecular complexity index is 337. The Labute approximate surface area is 108 Å². The Hall–Kier alpha value is -0.0100. The van der Waals surface area contributed by atoms with E-state index in [2.05, 4.69) is 19.9 Å². The molecule has 0 aromatic carbocycles. The van der Waals surface area contributed by atoms with Crippen LogP contribution in [0.15, 0.2) is 6.07 Å². The predicted octanol–water partition coefficient (Wildman–Crippen LogP) is 5.62. The maximum atomic E-state index is 6.56. The van der Waals surface area contributed by atoms with Gasteiger partial charge in [0.25, 0.3) is 0 Å². The summed E-state index contributed by atoms with van der Waals surface area (Å²) in [5.74, 6) is 0.871. The van der Waals surface area contributed by atoms with Gasteiger partial charge in [-0.15, -0.1) is 22.9 Å². The summed E-state index contributed by atoms with van der Waals surface area (Å²) in [5.41, 5.74) is 1.38. The highest BCUT2D eigenvalue weighted by Crippen LogP contribution is 2.38. The zero-order valence-electron chi connectivity index (χ0n) is 10.3. The lowest BCUT2D eigenvalue weighted by molar-refractivity contribution is 0.336. The molecule has 1 heterocycles. The molecular formula is C14H21ClS. The number of thiophene rings is 1. The fourth-order valence-corrected chi connectivity index (χ4v) is 4.34. The van der Waals surface area contributed by atoms with Gasteiger partial charge in [-0.3, -0.25) is 0 Å². The molecule has 0 radical (unpaired) electrons. The van der Waals surface area contributed by atoms with Crippen LogP contribution in [0.25, 0.3) is 0 Å². The number of alkyl halides is 1. The minimum atomic E-state index is 0.244. The second-order valence-corrected chi connectivity index (χ2v) is 7.06. The first-order valence-electron chi connectivity index (χ1n) is 6.38. The highest BCUT2D eigenvalue weighted by molar-refractivity contribution is 7.12. The molecule has 16 heavy (non-hydrogen) atoms. The third-order valence-corrected chi connectivity index (χ3v) is 5.08. The summed E-state index contributed by atoms with van der Waals surface area (Å²) in [6, 6.07) is 2.28. The summed E-state index contributed by atoms with van der Waals surface area (Å²) in [4.78, 5) is 2.80. The van der Waals surface area contributed by atoms with Gasteiger partial charge >= 0.3 is 0 Å². The monoisotopic (exact) mass is 256 g/mol. The average molecular weight is 257 g/mol. The average Bonchev–Trinajstić information content (AvgIpc) is 2.59. The van der Waals surface area contributed by atoms with Gasteiger partial charge in [0.1, 0.15) is 0 Å². The first-order chi connectivity index (χ1) is 7.66. The van der Waals surface area contributed by atoms with Gasteiger partial charge in [0, 0.05) is 9.75 Å². The third-order valence-electron chi connectivity index (χ3n) is 3.68. The van der Waals surface area contributed by atoms with Crippen LogP contribution in [-0.2, 0) is 0 Å². The maximum absolute atomic E-state index is 6.56. The molecule has 0 aliphatic heterocycles. The maximum Gasteiger partial charge on any atom is 0.0598 e. The van der Waals surface area contributed by atoms with Crippen LogP contribution in [0.5, 0.6) is 0 Å². The molecule has 2 rings (SSSR count). The van der Waals surface area contributed by atoms with E-state index in [4.69, 9.17) is 11.6 Å². The summed E-state index contributed by atoms with van der Waals surface area (Å²) in [7, 11) is 0. The van der Waals surface area contributed by atoms with Crippen molar-refractivity contribution in [1.82, 2.24) is 0 Å². The molecule has 0 amide bonds. The number of hydrogen-bond donors (Lipinski definition) is 0. The van der Waals surface area contributed by atoms with Crippen LogP contribution in [0.4, 0.5) is 0 Å². The zero-order chi connectivity index (χ0) is 11.5. The van der Waals surface area contributed by atoms with E-state index in [1.807, 2.05) is 11.3 Å². The molecule has 0 nitrogen and oxygen atoms in total. The Balaban J connectivity index is 1.96. The van der Waals surface area contributed by atoms with Gasteiger partial charge in [0.05, 0.1) is 5.38 Å². The molecule has 2 heteroatoms. The van der Waals surface area contributed by atoms with Crippen molar-refractivity contribution in [3.05, 3.63) is 21.4 Å². The Morgan fingerprint density at radius 1 is 1.31 bits per heavy atom. The van der Waals surface area contributed by atoms with Crippen LogP contribution in [0.3, 0.4) is 0 Å². The van der Waals surface area contributed by atoms with E-state index in [1.165, 1.54) is 53.8 Å². The molecule has 1 aliphatic carbocycles. The van der Waals surface area contributed by atoms with Crippen LogP contribution in [0.2, 0.25) is 0 Å². The van der Waals surface area contributed by atoms with Crippen molar-refractivity contribution in [1.29, 1.82) is 0 Å². The number of rotatable bonds is 3. The van der Waals surface area contributed by atoms with Crippen LogP contribution in [0, 0.1) is 19.8 Å². The van der Waals surface area contributed by atoms with Gasteiger partial charge in [-0.2, -0.15) is 0 Å². The Morgan fingerprint density at radius 2 is 2.00 bits per heavy atom. The first-order valence-corrected chi connectivity index (χ1v) is 7.63. The SMILES string of the molecule is Cc1cc(C(Cl)CC2CCCCC2)c(C)s1. The second-order valence-electron chi connectivity index (χ2n) is 5.08. The van der Waals surface area contributed by atoms with Crippen molar-refractivity contribution in [2.75, 3.05) is 0 Å². The van der Waals surface area contributed by atoms with Crippen molar-refractivity contribution < 1.29 is 0 Å². The molecule has 1 aliphatic rings. The lowest BCUT2D eigenvalue weighted by Crippen LogP contribution is -2.08. The predicted molar refractivity (Wildman–Crippen MR) is 73.6 cm³/mol. The molecule has 1 saturated carbocycles. The fraction of sp³-hybridized carbons (Fsp3) is 0.714. The van der Waals surface area contributed by atoms with Crippen molar-refractivity contribution in [2.45, 2.75) is 57.7 Å². The minimum Gasteiger partial charge on any atom is -0.146 e. The molecule has 1 aromatic heterocycles. The first kappa shape index (κ1) is 12.4. The van der Waals surface area contributed by atoms with Crippen molar-refractivity contribution in [3.8, 4) is 0 Å². The van der Waals surface area contributed by atoms with E-state index in [1.54, 1.807) is 0 Å². The van der Waals surface area contributed by atoms with Crippen LogP contribution >= 0.6 is 22.9 Å². The largest absolute Gasteiger partial charge is 0.146 e. The number of aryl methyl sites for hydroxylation is 2. The van der Waals surface area contributed by atoms with E-state index < -0.39 is 0 Å². The quantitative estimate of drug-likeness (QED) is 0.616. The van der Waals surface area contributed by atoms with Crippen LogP contribution in [-0.4, -0.2) is 0 Å². The molecule has 0 N–H and O–H groups in total. The topological polar surface area (TPSA) is 0 Å². The summed E-state index contributed by atoms with van der Waals surface area (Å²) >= 11 is 8.44. The number of halogens is 1. The van der Waals surface area contributed by atoms with Gasteiger partial charge in [0.2, 0.25) is 0 Å². The zero-order valence-corrected chi connectivity index (χ0v) is 11.8. The van der Waals surface area contributed by atoms with E-state index in [9.17, 15) is 0 Å². The van der Waals surface area contributed by atoms with Gasteiger partial charge in [-0.25, -0.2) is 0 Å². The molecule has 0 spiro atoms. The molecule has 1 aromatic rings. The standard InChI is InChI=1S/C14H21ClS/c1-10-8-13(11(2)16-10)14(15)9-12-6-4-3-5-7-12/h8,12,14H,3-7,9H2,1-2H3. The lowest BCUT2D eigenvalue weighted by atomic mass is 9.85. The van der Waals surface area contributed by atoms with E-state index in [0.29, 0.717) is 0 Å². The molecule has 90 valence electrons. The Morgan fingerprint density at radius 3 is 2.56 bits per heavy atom. The third kappa shape index (κ3) is 3.01. The molecule has 1 fully saturated rings. The van der Waals surface area contributed by atoms with Gasteiger partial charge in [-0.1, -0.05) is 32.1 Å². The smallest absolute Gasteiger partial charge is 0.0598 e. The van der Waals surface area contributed by atoms with Gasteiger partial charge in [0.15, 0.2) is 0 Å².